The Kier molecular flexibility index (Phi) is 8.47. The SMILES string of the molecule is COC(=O)CSc1nnc(NC(=O)[C@H](C)N(c2cc(OC)ccc2OC)S(C)(=O)=O)s1. The van der Waals surface area contributed by atoms with Gasteiger partial charge in [0.15, 0.2) is 4.34 Å². The Balaban J connectivity index is 2.25. The maximum absolute atomic E-state index is 12.8. The van der Waals surface area contributed by atoms with Gasteiger partial charge in [-0.1, -0.05) is 23.1 Å². The fraction of sp³-hybridized carbons (Fsp3) is 0.412. The monoisotopic (exact) mass is 490 g/mol. The van der Waals surface area contributed by atoms with E-state index in [1.54, 1.807) is 12.1 Å². The van der Waals surface area contributed by atoms with E-state index in [2.05, 4.69) is 20.3 Å². The molecule has 0 fully saturated rings. The number of methoxy groups -OCH3 is 3. The molecule has 14 heteroatoms. The molecule has 1 N–H and O–H groups in total. The fourth-order valence-electron chi connectivity index (χ4n) is 2.46. The number of nitrogens with zero attached hydrogens (tertiary/aromatic N) is 3. The summed E-state index contributed by atoms with van der Waals surface area (Å²) in [5.74, 6) is -0.351. The quantitative estimate of drug-likeness (QED) is 0.297. The first kappa shape index (κ1) is 24.7. The average molecular weight is 491 g/mol. The Labute approximate surface area is 188 Å². The van der Waals surface area contributed by atoms with E-state index in [1.165, 1.54) is 34.3 Å². The molecule has 1 aromatic heterocycles. The molecule has 31 heavy (non-hydrogen) atoms. The van der Waals surface area contributed by atoms with Crippen LogP contribution in [-0.4, -0.2) is 69.9 Å². The fourth-order valence-corrected chi connectivity index (χ4v) is 5.22. The number of carbonyl (C=O) groups excluding carboxylic acids is 2. The lowest BCUT2D eigenvalue weighted by atomic mass is 10.2. The van der Waals surface area contributed by atoms with Crippen molar-refractivity contribution in [3.05, 3.63) is 18.2 Å². The summed E-state index contributed by atoms with van der Waals surface area (Å²) >= 11 is 2.16. The van der Waals surface area contributed by atoms with Crippen molar-refractivity contribution in [3.63, 3.8) is 0 Å². The van der Waals surface area contributed by atoms with E-state index in [1.807, 2.05) is 0 Å². The third-order valence-electron chi connectivity index (χ3n) is 3.89. The summed E-state index contributed by atoms with van der Waals surface area (Å²) < 4.78 is 41.5. The third-order valence-corrected chi connectivity index (χ3v) is 7.06. The van der Waals surface area contributed by atoms with Crippen molar-refractivity contribution in [2.75, 3.05) is 43.0 Å². The van der Waals surface area contributed by atoms with E-state index < -0.39 is 27.9 Å². The number of hydrogen-bond donors (Lipinski definition) is 1. The number of benzene rings is 1. The molecule has 0 saturated heterocycles. The Morgan fingerprint density at radius 3 is 2.52 bits per heavy atom. The second-order valence-electron chi connectivity index (χ2n) is 6.00. The van der Waals surface area contributed by atoms with Gasteiger partial charge in [-0.25, -0.2) is 8.42 Å². The van der Waals surface area contributed by atoms with Crippen molar-refractivity contribution < 1.29 is 32.2 Å². The maximum atomic E-state index is 12.8. The molecule has 0 radical (unpaired) electrons. The molecule has 0 unspecified atom stereocenters. The lowest BCUT2D eigenvalue weighted by Crippen LogP contribution is -2.45. The number of amides is 1. The number of anilines is 2. The van der Waals surface area contributed by atoms with Gasteiger partial charge in [0.25, 0.3) is 0 Å². The van der Waals surface area contributed by atoms with Crippen LogP contribution < -0.4 is 19.1 Å². The zero-order valence-corrected chi connectivity index (χ0v) is 19.9. The molecular weight excluding hydrogens is 468 g/mol. The third kappa shape index (κ3) is 6.45. The number of sulfonamides is 1. The topological polar surface area (TPSA) is 137 Å². The molecule has 1 aromatic carbocycles. The second-order valence-corrected chi connectivity index (χ2v) is 10.1. The van der Waals surface area contributed by atoms with Crippen LogP contribution in [0.25, 0.3) is 0 Å². The van der Waals surface area contributed by atoms with Crippen LogP contribution in [0.2, 0.25) is 0 Å². The molecular formula is C17H22N4O7S3. The van der Waals surface area contributed by atoms with Crippen LogP contribution in [0.4, 0.5) is 10.8 Å². The second kappa shape index (κ2) is 10.6. The van der Waals surface area contributed by atoms with Gasteiger partial charge in [0.05, 0.1) is 39.0 Å². The maximum Gasteiger partial charge on any atom is 0.316 e. The summed E-state index contributed by atoms with van der Waals surface area (Å²) in [7, 11) is 0.236. The van der Waals surface area contributed by atoms with E-state index in [0.29, 0.717) is 10.1 Å². The highest BCUT2D eigenvalue weighted by molar-refractivity contribution is 8.01. The number of esters is 1. The lowest BCUT2D eigenvalue weighted by molar-refractivity contribution is -0.137. The number of thioether (sulfide) groups is 1. The first-order valence-corrected chi connectivity index (χ1v) is 12.3. The number of rotatable bonds is 10. The van der Waals surface area contributed by atoms with Crippen LogP contribution in [0, 0.1) is 0 Å². The van der Waals surface area contributed by atoms with Crippen LogP contribution in [0.15, 0.2) is 22.5 Å². The minimum Gasteiger partial charge on any atom is -0.497 e. The number of ether oxygens (including phenoxy) is 3. The Bertz CT molecular complexity index is 1040. The van der Waals surface area contributed by atoms with Gasteiger partial charge in [0.2, 0.25) is 21.1 Å². The summed E-state index contributed by atoms with van der Waals surface area (Å²) in [6, 6.07) is 3.48. The number of nitrogens with one attached hydrogen (secondary N) is 1. The molecule has 1 amide bonds. The molecule has 0 aliphatic rings. The highest BCUT2D eigenvalue weighted by Gasteiger charge is 2.32. The van der Waals surface area contributed by atoms with Gasteiger partial charge < -0.3 is 14.2 Å². The number of carbonyl (C=O) groups is 2. The Morgan fingerprint density at radius 2 is 1.94 bits per heavy atom. The van der Waals surface area contributed by atoms with Gasteiger partial charge in [0.1, 0.15) is 17.5 Å². The van der Waals surface area contributed by atoms with Crippen molar-refractivity contribution in [2.24, 2.45) is 0 Å². The summed E-state index contributed by atoms with van der Waals surface area (Å²) in [5, 5.41) is 10.4. The first-order valence-electron chi connectivity index (χ1n) is 8.66. The highest BCUT2D eigenvalue weighted by atomic mass is 32.2. The molecule has 1 atom stereocenters. The van der Waals surface area contributed by atoms with E-state index >= 15 is 0 Å². The lowest BCUT2D eigenvalue weighted by Gasteiger charge is -2.29. The van der Waals surface area contributed by atoms with E-state index in [0.717, 1.165) is 33.7 Å². The number of aromatic nitrogens is 2. The van der Waals surface area contributed by atoms with Gasteiger partial charge in [0, 0.05) is 6.07 Å². The van der Waals surface area contributed by atoms with Gasteiger partial charge in [-0.15, -0.1) is 10.2 Å². The minimum atomic E-state index is -3.88. The molecule has 1 heterocycles. The molecule has 0 saturated carbocycles. The molecule has 0 spiro atoms. The summed E-state index contributed by atoms with van der Waals surface area (Å²) in [6.07, 6.45) is 0.988. The molecule has 0 aliphatic heterocycles. The Hall–Kier alpha value is -2.58. The molecule has 11 nitrogen and oxygen atoms in total. The smallest absolute Gasteiger partial charge is 0.316 e. The predicted octanol–water partition coefficient (Wildman–Crippen LogP) is 1.61. The minimum absolute atomic E-state index is 0.0486. The first-order chi connectivity index (χ1) is 14.6. The highest BCUT2D eigenvalue weighted by Crippen LogP contribution is 2.35. The van der Waals surface area contributed by atoms with Gasteiger partial charge in [-0.3, -0.25) is 19.2 Å². The molecule has 0 bridgehead atoms. The molecule has 170 valence electrons. The zero-order chi connectivity index (χ0) is 23.2. The largest absolute Gasteiger partial charge is 0.497 e. The van der Waals surface area contributed by atoms with E-state index in [9.17, 15) is 18.0 Å². The van der Waals surface area contributed by atoms with Crippen LogP contribution in [-0.2, 0) is 24.3 Å². The van der Waals surface area contributed by atoms with Gasteiger partial charge >= 0.3 is 5.97 Å². The van der Waals surface area contributed by atoms with E-state index in [-0.39, 0.29) is 22.3 Å². The van der Waals surface area contributed by atoms with Crippen LogP contribution in [0.3, 0.4) is 0 Å². The normalized spacial score (nSPS) is 12.0. The van der Waals surface area contributed by atoms with Crippen molar-refractivity contribution in [2.45, 2.75) is 17.3 Å². The summed E-state index contributed by atoms with van der Waals surface area (Å²) in [6.45, 7) is 1.43. The van der Waals surface area contributed by atoms with Gasteiger partial charge in [-0.05, 0) is 19.1 Å². The predicted molar refractivity (Wildman–Crippen MR) is 118 cm³/mol. The average Bonchev–Trinajstić information content (AvgIpc) is 3.18. The number of hydrogen-bond acceptors (Lipinski definition) is 11. The van der Waals surface area contributed by atoms with Crippen molar-refractivity contribution in [3.8, 4) is 11.5 Å². The molecule has 2 rings (SSSR count). The Morgan fingerprint density at radius 1 is 1.23 bits per heavy atom. The molecule has 2 aromatic rings. The van der Waals surface area contributed by atoms with Crippen molar-refractivity contribution in [1.29, 1.82) is 0 Å². The zero-order valence-electron chi connectivity index (χ0n) is 17.4. The van der Waals surface area contributed by atoms with Gasteiger partial charge in [-0.2, -0.15) is 0 Å². The standard InChI is InChI=1S/C17H22N4O7S3/c1-10(15(23)18-16-19-20-17(30-16)29-9-14(22)28-4)21(31(5,24)25)12-8-11(26-2)6-7-13(12)27-3/h6-8,10H,9H2,1-5H3,(H,18,19,23)/t10-/m0/s1. The van der Waals surface area contributed by atoms with Crippen LogP contribution in [0.1, 0.15) is 6.92 Å². The summed E-state index contributed by atoms with van der Waals surface area (Å²) in [4.78, 5) is 24.0. The van der Waals surface area contributed by atoms with Crippen molar-refractivity contribution in [1.82, 2.24) is 10.2 Å². The summed E-state index contributed by atoms with van der Waals surface area (Å²) in [5.41, 5.74) is 0.151. The van der Waals surface area contributed by atoms with Crippen molar-refractivity contribution >= 4 is 55.8 Å². The van der Waals surface area contributed by atoms with Crippen LogP contribution >= 0.6 is 23.1 Å². The van der Waals surface area contributed by atoms with Crippen LogP contribution in [0.5, 0.6) is 11.5 Å². The molecule has 0 aliphatic carbocycles. The van der Waals surface area contributed by atoms with E-state index in [4.69, 9.17) is 9.47 Å².